The van der Waals surface area contributed by atoms with Crippen LogP contribution in [0.4, 0.5) is 0 Å². The van der Waals surface area contributed by atoms with Gasteiger partial charge in [0.1, 0.15) is 6.23 Å². The zero-order chi connectivity index (χ0) is 21.1. The van der Waals surface area contributed by atoms with E-state index < -0.39 is 12.2 Å². The predicted octanol–water partition coefficient (Wildman–Crippen LogP) is 2.23. The second-order valence-corrected chi connectivity index (χ2v) is 6.65. The van der Waals surface area contributed by atoms with Gasteiger partial charge in [-0.25, -0.2) is 9.97 Å². The molecule has 0 aliphatic carbocycles. The third kappa shape index (κ3) is 8.17. The second-order valence-electron chi connectivity index (χ2n) is 6.22. The first-order chi connectivity index (χ1) is 13.3. The number of nitrogens with two attached hydrogens (primary N) is 1. The van der Waals surface area contributed by atoms with Gasteiger partial charge in [-0.1, -0.05) is 42.5 Å². The van der Waals surface area contributed by atoms with Gasteiger partial charge in [-0.15, -0.1) is 0 Å². The van der Waals surface area contributed by atoms with Crippen LogP contribution in [0.3, 0.4) is 0 Å². The van der Waals surface area contributed by atoms with E-state index >= 15 is 0 Å². The van der Waals surface area contributed by atoms with Gasteiger partial charge in [0.2, 0.25) is 0 Å². The van der Waals surface area contributed by atoms with Crippen LogP contribution >= 0.6 is 11.6 Å². The summed E-state index contributed by atoms with van der Waals surface area (Å²) < 4.78 is 0. The molecule has 28 heavy (non-hydrogen) atoms. The Kier molecular flexibility index (Phi) is 10.4. The van der Waals surface area contributed by atoms with Crippen LogP contribution in [0, 0.1) is 0 Å². The average molecular weight is 406 g/mol. The summed E-state index contributed by atoms with van der Waals surface area (Å²) in [5.74, 6) is -0.818. The quantitative estimate of drug-likeness (QED) is 0.313. The Morgan fingerprint density at radius 1 is 1.25 bits per heavy atom. The lowest BCUT2D eigenvalue weighted by Crippen LogP contribution is -2.35. The molecule has 0 bridgehead atoms. The number of aromatic nitrogens is 2. The van der Waals surface area contributed by atoms with Crippen LogP contribution in [0.5, 0.6) is 0 Å². The number of unbranched alkanes of at least 4 members (excludes halogenated alkanes) is 1. The van der Waals surface area contributed by atoms with E-state index in [9.17, 15) is 9.90 Å². The molecule has 0 fully saturated rings. The van der Waals surface area contributed by atoms with Gasteiger partial charge in [-0.3, -0.25) is 4.79 Å². The molecule has 1 aromatic rings. The number of aliphatic hydroxyl groups is 1. The summed E-state index contributed by atoms with van der Waals surface area (Å²) in [6.45, 7) is 7.76. The molecule has 0 radical (unpaired) electrons. The molecule has 4 N–H and O–H groups in total. The normalized spacial score (nSPS) is 14.7. The Morgan fingerprint density at radius 3 is 2.54 bits per heavy atom. The van der Waals surface area contributed by atoms with E-state index in [1.807, 2.05) is 19.9 Å². The number of carbonyl (C=O) groups is 1. The maximum atomic E-state index is 10.7. The highest BCUT2D eigenvalue weighted by molar-refractivity contribution is 6.31. The topological polar surface area (TPSA) is 109 Å². The first-order valence-corrected chi connectivity index (χ1v) is 9.54. The fourth-order valence-corrected chi connectivity index (χ4v) is 2.51. The number of hydrogen-bond donors (Lipinski definition) is 3. The SMILES string of the molecule is C=C(/C=C\C(Cl)=C/C)c1nc(=C/C)/c(=C\CC(N)O)nc1CCCCC(=O)O. The highest BCUT2D eigenvalue weighted by Crippen LogP contribution is 2.17. The highest BCUT2D eigenvalue weighted by atomic mass is 35.5. The number of aliphatic carboxylic acids is 1. The monoisotopic (exact) mass is 405 g/mol. The number of carboxylic acids is 1. The fraction of sp³-hybridized carbons (Fsp3) is 0.381. The molecular weight excluding hydrogens is 378 g/mol. The third-order valence-corrected chi connectivity index (χ3v) is 4.27. The summed E-state index contributed by atoms with van der Waals surface area (Å²) >= 11 is 6.02. The van der Waals surface area contributed by atoms with Gasteiger partial charge in [-0.2, -0.15) is 0 Å². The van der Waals surface area contributed by atoms with E-state index in [1.165, 1.54) is 0 Å². The molecule has 0 aliphatic heterocycles. The van der Waals surface area contributed by atoms with Crippen LogP contribution in [0.25, 0.3) is 17.7 Å². The van der Waals surface area contributed by atoms with Crippen molar-refractivity contribution < 1.29 is 15.0 Å². The molecule has 0 saturated heterocycles. The minimum absolute atomic E-state index is 0.111. The molecule has 152 valence electrons. The van der Waals surface area contributed by atoms with Gasteiger partial charge in [0.25, 0.3) is 0 Å². The average Bonchev–Trinajstić information content (AvgIpc) is 2.66. The number of aryl methyl sites for hydroxylation is 1. The lowest BCUT2D eigenvalue weighted by molar-refractivity contribution is -0.137. The number of rotatable bonds is 10. The van der Waals surface area contributed by atoms with Crippen molar-refractivity contribution in [1.29, 1.82) is 0 Å². The standard InChI is InChI=1S/C21H28ClN3O3/c1-4-15(22)11-10-14(3)21-18(8-6-7-9-20(27)28)24-17(12-13-19(23)26)16(5-2)25-21/h4-5,10-12,19,26H,3,6-9,13,23H2,1-2H3,(H,27,28)/b11-10-,15-4+,16-5+,17-12+. The number of hydrogen-bond acceptors (Lipinski definition) is 5. The largest absolute Gasteiger partial charge is 0.481 e. The number of carboxylic acid groups (broad SMARTS) is 1. The van der Waals surface area contributed by atoms with Gasteiger partial charge >= 0.3 is 5.97 Å². The van der Waals surface area contributed by atoms with Crippen molar-refractivity contribution >= 4 is 35.3 Å². The van der Waals surface area contributed by atoms with E-state index in [0.717, 1.165) is 5.69 Å². The van der Waals surface area contributed by atoms with Crippen LogP contribution < -0.4 is 16.4 Å². The van der Waals surface area contributed by atoms with E-state index in [-0.39, 0.29) is 12.8 Å². The van der Waals surface area contributed by atoms with Crippen molar-refractivity contribution in [2.24, 2.45) is 5.73 Å². The van der Waals surface area contributed by atoms with Gasteiger partial charge in [0, 0.05) is 17.9 Å². The van der Waals surface area contributed by atoms with E-state index in [0.29, 0.717) is 46.3 Å². The smallest absolute Gasteiger partial charge is 0.303 e. The molecule has 0 aromatic carbocycles. The van der Waals surface area contributed by atoms with Crippen molar-refractivity contribution in [2.45, 2.75) is 52.2 Å². The van der Waals surface area contributed by atoms with Crippen LogP contribution in [0.1, 0.15) is 50.9 Å². The van der Waals surface area contributed by atoms with Crippen LogP contribution in [-0.2, 0) is 11.2 Å². The second kappa shape index (κ2) is 12.2. The fourth-order valence-electron chi connectivity index (χ4n) is 2.45. The van der Waals surface area contributed by atoms with E-state index in [1.54, 1.807) is 24.3 Å². The van der Waals surface area contributed by atoms with Gasteiger partial charge in [0.05, 0.1) is 22.1 Å². The van der Waals surface area contributed by atoms with Crippen LogP contribution in [0.15, 0.2) is 29.8 Å². The Bertz CT molecular complexity index is 874. The first-order valence-electron chi connectivity index (χ1n) is 9.16. The molecule has 0 saturated carbocycles. The molecule has 1 heterocycles. The molecule has 1 aromatic heterocycles. The number of allylic oxidation sites excluding steroid dienone is 5. The van der Waals surface area contributed by atoms with Crippen molar-refractivity contribution in [3.63, 3.8) is 0 Å². The molecule has 6 nitrogen and oxygen atoms in total. The maximum absolute atomic E-state index is 10.7. The molecule has 1 rings (SSSR count). The molecule has 0 aliphatic rings. The zero-order valence-corrected chi connectivity index (χ0v) is 17.1. The summed E-state index contributed by atoms with van der Waals surface area (Å²) in [7, 11) is 0. The number of halogens is 1. The van der Waals surface area contributed by atoms with Crippen molar-refractivity contribution in [3.8, 4) is 0 Å². The summed E-state index contributed by atoms with van der Waals surface area (Å²) in [5.41, 5.74) is 7.45. The Labute approximate surface area is 170 Å². The third-order valence-electron chi connectivity index (χ3n) is 3.93. The zero-order valence-electron chi connectivity index (χ0n) is 16.4. The maximum Gasteiger partial charge on any atom is 0.303 e. The molecule has 0 amide bonds. The van der Waals surface area contributed by atoms with Crippen molar-refractivity contribution in [1.82, 2.24) is 9.97 Å². The Morgan fingerprint density at radius 2 is 1.96 bits per heavy atom. The highest BCUT2D eigenvalue weighted by Gasteiger charge is 2.10. The Hall–Kier alpha value is -2.28. The summed E-state index contributed by atoms with van der Waals surface area (Å²) in [4.78, 5) is 20.1. The molecule has 7 heteroatoms. The lowest BCUT2D eigenvalue weighted by atomic mass is 10.1. The lowest BCUT2D eigenvalue weighted by Gasteiger charge is -2.09. The minimum Gasteiger partial charge on any atom is -0.481 e. The first kappa shape index (κ1) is 23.8. The van der Waals surface area contributed by atoms with Gasteiger partial charge in [0.15, 0.2) is 0 Å². The van der Waals surface area contributed by atoms with Gasteiger partial charge in [-0.05, 0) is 44.8 Å². The van der Waals surface area contributed by atoms with E-state index in [2.05, 4.69) is 11.6 Å². The van der Waals surface area contributed by atoms with Crippen molar-refractivity contribution in [2.75, 3.05) is 0 Å². The number of nitrogens with zero attached hydrogens (tertiary/aromatic N) is 2. The molecular formula is C21H28ClN3O3. The summed E-state index contributed by atoms with van der Waals surface area (Å²) in [6.07, 6.45) is 10.0. The van der Waals surface area contributed by atoms with Crippen molar-refractivity contribution in [3.05, 3.63) is 51.9 Å². The minimum atomic E-state index is -0.967. The van der Waals surface area contributed by atoms with E-state index in [4.69, 9.17) is 27.4 Å². The Balaban J connectivity index is 3.33. The number of aliphatic hydroxyl groups excluding tert-OH is 1. The van der Waals surface area contributed by atoms with Crippen LogP contribution in [-0.4, -0.2) is 32.4 Å². The molecule has 1 unspecified atom stereocenters. The summed E-state index contributed by atoms with van der Waals surface area (Å²) in [5, 5.41) is 20.1. The van der Waals surface area contributed by atoms with Crippen LogP contribution in [0.2, 0.25) is 0 Å². The predicted molar refractivity (Wildman–Crippen MR) is 114 cm³/mol. The molecule has 0 spiro atoms. The van der Waals surface area contributed by atoms with Gasteiger partial charge < -0.3 is 15.9 Å². The molecule has 1 atom stereocenters. The summed E-state index contributed by atoms with van der Waals surface area (Å²) in [6, 6.07) is 0.